The third-order valence-electron chi connectivity index (χ3n) is 2.65. The molecule has 0 aliphatic carbocycles. The van der Waals surface area contributed by atoms with Gasteiger partial charge in [0.25, 0.3) is 0 Å². The maximum absolute atomic E-state index is 13.0. The van der Waals surface area contributed by atoms with Crippen LogP contribution in [0.4, 0.5) is 23.7 Å². The minimum atomic E-state index is -4.50. The zero-order chi connectivity index (χ0) is 13.3. The van der Waals surface area contributed by atoms with E-state index in [9.17, 15) is 18.0 Å². The van der Waals surface area contributed by atoms with Crippen molar-refractivity contribution < 1.29 is 18.0 Å². The summed E-state index contributed by atoms with van der Waals surface area (Å²) in [5.41, 5.74) is -0.672. The summed E-state index contributed by atoms with van der Waals surface area (Å²) >= 11 is 0. The highest BCUT2D eigenvalue weighted by atomic mass is 19.4. The number of anilines is 1. The number of para-hydroxylation sites is 1. The molecule has 0 aromatic heterocycles. The zero-order valence-corrected chi connectivity index (χ0v) is 9.58. The largest absolute Gasteiger partial charge is 0.418 e. The number of nitrogens with one attached hydrogen (secondary N) is 1. The van der Waals surface area contributed by atoms with Crippen molar-refractivity contribution in [3.05, 3.63) is 36.0 Å². The normalized spacial score (nSPS) is 15.7. The first kappa shape index (κ1) is 12.5. The van der Waals surface area contributed by atoms with Crippen molar-refractivity contribution in [1.29, 1.82) is 0 Å². The average Bonchev–Trinajstić information content (AvgIpc) is 2.44. The third kappa shape index (κ3) is 2.18. The Morgan fingerprint density at radius 2 is 1.94 bits per heavy atom. The van der Waals surface area contributed by atoms with Gasteiger partial charge in [0, 0.05) is 18.3 Å². The minimum Gasteiger partial charge on any atom is -0.307 e. The molecule has 0 spiro atoms. The summed E-state index contributed by atoms with van der Waals surface area (Å²) in [5.74, 6) is 0. The van der Waals surface area contributed by atoms with E-state index in [-0.39, 0.29) is 17.8 Å². The number of amides is 2. The Bertz CT molecular complexity index is 508. The molecule has 0 radical (unpaired) electrons. The Hall–Kier alpha value is -1.98. The number of rotatable bonds is 1. The highest BCUT2D eigenvalue weighted by Crippen LogP contribution is 2.38. The van der Waals surface area contributed by atoms with Crippen molar-refractivity contribution in [2.45, 2.75) is 13.1 Å². The summed E-state index contributed by atoms with van der Waals surface area (Å²) in [7, 11) is 0. The van der Waals surface area contributed by atoms with Crippen LogP contribution in [0.5, 0.6) is 0 Å². The summed E-state index contributed by atoms with van der Waals surface area (Å²) in [5, 5.41) is 2.46. The Labute approximate surface area is 102 Å². The molecule has 0 saturated heterocycles. The van der Waals surface area contributed by atoms with Crippen LogP contribution in [-0.2, 0) is 0 Å². The van der Waals surface area contributed by atoms with Crippen LogP contribution >= 0.6 is 0 Å². The lowest BCUT2D eigenvalue weighted by molar-refractivity contribution is -0.0693. The van der Waals surface area contributed by atoms with Crippen molar-refractivity contribution in [1.82, 2.24) is 4.90 Å². The molecule has 1 aliphatic heterocycles. The molecule has 3 nitrogen and oxygen atoms in total. The van der Waals surface area contributed by atoms with Crippen molar-refractivity contribution in [2.75, 3.05) is 11.9 Å². The molecule has 0 saturated carbocycles. The SMILES string of the molecule is CCN1C=C(C(F)(F)F)c2ccccc2NC1=O. The van der Waals surface area contributed by atoms with Gasteiger partial charge in [0.1, 0.15) is 0 Å². The number of hydrogen-bond donors (Lipinski definition) is 1. The fourth-order valence-electron chi connectivity index (χ4n) is 1.76. The van der Waals surface area contributed by atoms with E-state index in [2.05, 4.69) is 5.32 Å². The number of fused-ring (bicyclic) bond motifs is 1. The van der Waals surface area contributed by atoms with Crippen LogP contribution in [0.1, 0.15) is 12.5 Å². The molecule has 0 unspecified atom stereocenters. The molecule has 1 aromatic carbocycles. The van der Waals surface area contributed by atoms with Crippen LogP contribution < -0.4 is 5.32 Å². The predicted octanol–water partition coefficient (Wildman–Crippen LogP) is 3.46. The lowest BCUT2D eigenvalue weighted by Crippen LogP contribution is -2.29. The molecule has 18 heavy (non-hydrogen) atoms. The maximum atomic E-state index is 13.0. The minimum absolute atomic E-state index is 0.0192. The van der Waals surface area contributed by atoms with Crippen molar-refractivity contribution in [3.63, 3.8) is 0 Å². The highest BCUT2D eigenvalue weighted by Gasteiger charge is 2.38. The van der Waals surface area contributed by atoms with Crippen LogP contribution in [0.15, 0.2) is 30.5 Å². The van der Waals surface area contributed by atoms with E-state index in [1.165, 1.54) is 18.2 Å². The molecule has 1 heterocycles. The smallest absolute Gasteiger partial charge is 0.307 e. The van der Waals surface area contributed by atoms with Crippen LogP contribution in [0, 0.1) is 0 Å². The first-order valence-corrected chi connectivity index (χ1v) is 5.39. The molecule has 1 N–H and O–H groups in total. The van der Waals surface area contributed by atoms with Gasteiger partial charge in [0.15, 0.2) is 0 Å². The molecule has 1 aromatic rings. The molecule has 2 amide bonds. The van der Waals surface area contributed by atoms with Gasteiger partial charge in [-0.05, 0) is 13.0 Å². The Kier molecular flexibility index (Phi) is 3.02. The first-order chi connectivity index (χ1) is 8.43. The number of allylic oxidation sites excluding steroid dienone is 1. The maximum Gasteiger partial charge on any atom is 0.418 e. The second-order valence-corrected chi connectivity index (χ2v) is 3.80. The van der Waals surface area contributed by atoms with Crippen LogP contribution in [-0.4, -0.2) is 23.7 Å². The van der Waals surface area contributed by atoms with E-state index in [1.807, 2.05) is 0 Å². The number of nitrogens with zero attached hydrogens (tertiary/aromatic N) is 1. The predicted molar refractivity (Wildman–Crippen MR) is 61.9 cm³/mol. The third-order valence-corrected chi connectivity index (χ3v) is 2.65. The molecular weight excluding hydrogens is 245 g/mol. The number of urea groups is 1. The molecule has 0 atom stereocenters. The number of carbonyl (C=O) groups is 1. The van der Waals surface area contributed by atoms with Crippen molar-refractivity contribution >= 4 is 17.3 Å². The monoisotopic (exact) mass is 256 g/mol. The van der Waals surface area contributed by atoms with Gasteiger partial charge >= 0.3 is 12.2 Å². The average molecular weight is 256 g/mol. The van der Waals surface area contributed by atoms with Crippen molar-refractivity contribution in [2.24, 2.45) is 0 Å². The lowest BCUT2D eigenvalue weighted by Gasteiger charge is -2.15. The fourth-order valence-corrected chi connectivity index (χ4v) is 1.76. The molecule has 2 rings (SSSR count). The molecular formula is C12H11F3N2O. The summed E-state index contributed by atoms with van der Waals surface area (Å²) in [4.78, 5) is 12.7. The Morgan fingerprint density at radius 1 is 1.28 bits per heavy atom. The van der Waals surface area contributed by atoms with Gasteiger partial charge in [-0.15, -0.1) is 0 Å². The van der Waals surface area contributed by atoms with E-state index in [4.69, 9.17) is 0 Å². The topological polar surface area (TPSA) is 32.3 Å². The Balaban J connectivity index is 2.61. The first-order valence-electron chi connectivity index (χ1n) is 5.39. The van der Waals surface area contributed by atoms with E-state index in [0.717, 1.165) is 11.1 Å². The number of hydrogen-bond acceptors (Lipinski definition) is 1. The molecule has 1 aliphatic rings. The second-order valence-electron chi connectivity index (χ2n) is 3.80. The quantitative estimate of drug-likeness (QED) is 0.820. The molecule has 0 fully saturated rings. The summed E-state index contributed by atoms with van der Waals surface area (Å²) < 4.78 is 39.0. The van der Waals surface area contributed by atoms with Crippen molar-refractivity contribution in [3.8, 4) is 0 Å². The molecule has 96 valence electrons. The van der Waals surface area contributed by atoms with Gasteiger partial charge < -0.3 is 10.2 Å². The van der Waals surface area contributed by atoms with E-state index in [0.29, 0.717) is 0 Å². The standard InChI is InChI=1S/C12H11F3N2O/c1-2-17-7-9(12(13,14)15)8-5-3-4-6-10(8)16-11(17)18/h3-7H,2H2,1H3,(H,16,18). The summed E-state index contributed by atoms with van der Waals surface area (Å²) in [6.45, 7) is 1.78. The summed E-state index contributed by atoms with van der Waals surface area (Å²) in [6, 6.07) is 5.31. The van der Waals surface area contributed by atoms with Gasteiger partial charge in [-0.1, -0.05) is 18.2 Å². The molecule has 6 heteroatoms. The fraction of sp³-hybridized carbons (Fsp3) is 0.250. The van der Waals surface area contributed by atoms with Gasteiger partial charge in [-0.3, -0.25) is 0 Å². The van der Waals surface area contributed by atoms with E-state index >= 15 is 0 Å². The number of carbonyl (C=O) groups excluding carboxylic acids is 1. The van der Waals surface area contributed by atoms with Gasteiger partial charge in [-0.25, -0.2) is 4.79 Å². The van der Waals surface area contributed by atoms with Gasteiger partial charge in [0.2, 0.25) is 0 Å². The van der Waals surface area contributed by atoms with Crippen LogP contribution in [0.2, 0.25) is 0 Å². The van der Waals surface area contributed by atoms with Crippen LogP contribution in [0.25, 0.3) is 5.57 Å². The number of benzene rings is 1. The van der Waals surface area contributed by atoms with Gasteiger partial charge in [-0.2, -0.15) is 13.2 Å². The Morgan fingerprint density at radius 3 is 2.56 bits per heavy atom. The molecule has 0 bridgehead atoms. The van der Waals surface area contributed by atoms with Gasteiger partial charge in [0.05, 0.1) is 11.3 Å². The number of alkyl halides is 3. The van der Waals surface area contributed by atoms with E-state index < -0.39 is 17.8 Å². The summed E-state index contributed by atoms with van der Waals surface area (Å²) in [6.07, 6.45) is -3.66. The number of halogens is 3. The van der Waals surface area contributed by atoms with Crippen LogP contribution in [0.3, 0.4) is 0 Å². The highest BCUT2D eigenvalue weighted by molar-refractivity contribution is 5.97. The lowest BCUT2D eigenvalue weighted by atomic mass is 10.0. The zero-order valence-electron chi connectivity index (χ0n) is 9.58. The van der Waals surface area contributed by atoms with E-state index in [1.54, 1.807) is 13.0 Å². The second kappa shape index (κ2) is 4.36.